The lowest BCUT2D eigenvalue weighted by atomic mass is 9.52. The van der Waals surface area contributed by atoms with Gasteiger partial charge >= 0.3 is 0 Å². The lowest BCUT2D eigenvalue weighted by Gasteiger charge is -2.48. The fourth-order valence-electron chi connectivity index (χ4n) is 11.8. The van der Waals surface area contributed by atoms with Gasteiger partial charge in [0.15, 0.2) is 0 Å². The van der Waals surface area contributed by atoms with E-state index in [4.69, 9.17) is 0 Å². The molecule has 0 unspecified atom stereocenters. The SMILES string of the molecule is c1ccc(-c2ccc(N(c3ccccc3)c3ccc4c(c3)-c3ccccc3C43c4ccccc4C4(c5ccccc5-c5ccccc54)c4ccccc43)cc2-c2ccccc2)cc1. The van der Waals surface area contributed by atoms with Crippen LogP contribution in [0.15, 0.2) is 249 Å². The van der Waals surface area contributed by atoms with Gasteiger partial charge in [0.25, 0.3) is 0 Å². The van der Waals surface area contributed by atoms with Gasteiger partial charge in [-0.1, -0.05) is 212 Å². The van der Waals surface area contributed by atoms with Crippen molar-refractivity contribution < 1.29 is 0 Å². The third-order valence-corrected chi connectivity index (χ3v) is 14.2. The van der Waals surface area contributed by atoms with E-state index in [1.165, 1.54) is 89.0 Å². The van der Waals surface area contributed by atoms with Crippen molar-refractivity contribution in [3.63, 3.8) is 0 Å². The topological polar surface area (TPSA) is 3.24 Å². The highest BCUT2D eigenvalue weighted by Crippen LogP contribution is 2.67. The molecule has 3 aliphatic rings. The molecule has 0 saturated carbocycles. The molecule has 294 valence electrons. The van der Waals surface area contributed by atoms with Gasteiger partial charge in [-0.25, -0.2) is 0 Å². The number of hydrogen-bond acceptors (Lipinski definition) is 1. The zero-order valence-corrected chi connectivity index (χ0v) is 34.6. The van der Waals surface area contributed by atoms with Gasteiger partial charge in [-0.3, -0.25) is 0 Å². The zero-order valence-electron chi connectivity index (χ0n) is 34.6. The van der Waals surface area contributed by atoms with Crippen LogP contribution in [-0.2, 0) is 10.8 Å². The number of rotatable bonds is 5. The van der Waals surface area contributed by atoms with E-state index in [9.17, 15) is 0 Å². The van der Waals surface area contributed by atoms with E-state index in [0.717, 1.165) is 17.1 Å². The summed E-state index contributed by atoms with van der Waals surface area (Å²) in [5.41, 5.74) is 23.1. The monoisotopic (exact) mass is 799 g/mol. The third-order valence-electron chi connectivity index (χ3n) is 14.2. The summed E-state index contributed by atoms with van der Waals surface area (Å²) in [6.07, 6.45) is 0. The van der Waals surface area contributed by atoms with Crippen molar-refractivity contribution in [1.82, 2.24) is 0 Å². The molecule has 1 heteroatoms. The summed E-state index contributed by atoms with van der Waals surface area (Å²) in [6, 6.07) is 92.7. The van der Waals surface area contributed by atoms with E-state index in [1.54, 1.807) is 0 Å². The Morgan fingerprint density at radius 1 is 0.206 bits per heavy atom. The minimum absolute atomic E-state index is 0.463. The van der Waals surface area contributed by atoms with Crippen LogP contribution in [0.25, 0.3) is 44.5 Å². The van der Waals surface area contributed by atoms with E-state index < -0.39 is 10.8 Å². The molecule has 0 heterocycles. The molecular formula is C62H41N. The Kier molecular flexibility index (Phi) is 7.80. The average Bonchev–Trinajstić information content (AvgIpc) is 3.82. The fraction of sp³-hybridized carbons (Fsp3) is 0.0323. The van der Waals surface area contributed by atoms with Crippen molar-refractivity contribution in [3.8, 4) is 44.5 Å². The first-order valence-electron chi connectivity index (χ1n) is 22.0. The second kappa shape index (κ2) is 13.8. The molecule has 3 aliphatic carbocycles. The van der Waals surface area contributed by atoms with Gasteiger partial charge in [-0.05, 0) is 125 Å². The normalized spacial score (nSPS) is 14.0. The minimum Gasteiger partial charge on any atom is -0.310 e. The summed E-state index contributed by atoms with van der Waals surface area (Å²) in [6.45, 7) is 0. The van der Waals surface area contributed by atoms with Gasteiger partial charge in [0.2, 0.25) is 0 Å². The van der Waals surface area contributed by atoms with E-state index in [0.29, 0.717) is 0 Å². The molecule has 2 spiro atoms. The van der Waals surface area contributed by atoms with Crippen molar-refractivity contribution in [1.29, 1.82) is 0 Å². The van der Waals surface area contributed by atoms with Crippen LogP contribution in [0.2, 0.25) is 0 Å². The van der Waals surface area contributed by atoms with E-state index >= 15 is 0 Å². The van der Waals surface area contributed by atoms with Crippen LogP contribution in [-0.4, -0.2) is 0 Å². The minimum atomic E-state index is -0.537. The molecular weight excluding hydrogens is 759 g/mol. The lowest BCUT2D eigenvalue weighted by Crippen LogP contribution is -2.43. The van der Waals surface area contributed by atoms with Gasteiger partial charge in [-0.2, -0.15) is 0 Å². The zero-order chi connectivity index (χ0) is 41.5. The molecule has 10 aromatic carbocycles. The molecule has 0 aromatic heterocycles. The summed E-state index contributed by atoms with van der Waals surface area (Å²) < 4.78 is 0. The van der Waals surface area contributed by atoms with Gasteiger partial charge in [-0.15, -0.1) is 0 Å². The Labute approximate surface area is 368 Å². The molecule has 13 rings (SSSR count). The Bertz CT molecular complexity index is 3310. The number of nitrogens with zero attached hydrogens (tertiary/aromatic N) is 1. The van der Waals surface area contributed by atoms with Crippen molar-refractivity contribution in [3.05, 3.63) is 293 Å². The van der Waals surface area contributed by atoms with Crippen LogP contribution < -0.4 is 4.90 Å². The Morgan fingerprint density at radius 2 is 0.540 bits per heavy atom. The van der Waals surface area contributed by atoms with E-state index in [2.05, 4.69) is 254 Å². The third kappa shape index (κ3) is 4.88. The van der Waals surface area contributed by atoms with Crippen molar-refractivity contribution in [2.24, 2.45) is 0 Å². The van der Waals surface area contributed by atoms with Gasteiger partial charge in [0.1, 0.15) is 0 Å². The van der Waals surface area contributed by atoms with Crippen LogP contribution in [0, 0.1) is 0 Å². The molecule has 0 radical (unpaired) electrons. The van der Waals surface area contributed by atoms with Gasteiger partial charge < -0.3 is 4.90 Å². The predicted octanol–water partition coefficient (Wildman–Crippen LogP) is 15.5. The Balaban J connectivity index is 1.06. The van der Waals surface area contributed by atoms with Crippen molar-refractivity contribution in [2.75, 3.05) is 4.90 Å². The molecule has 0 bridgehead atoms. The maximum absolute atomic E-state index is 2.46. The first-order valence-corrected chi connectivity index (χ1v) is 22.0. The average molecular weight is 800 g/mol. The van der Waals surface area contributed by atoms with Crippen molar-refractivity contribution >= 4 is 17.1 Å². The second-order valence-electron chi connectivity index (χ2n) is 17.1. The molecule has 0 N–H and O–H groups in total. The highest BCUT2D eigenvalue weighted by atomic mass is 15.1. The maximum atomic E-state index is 2.46. The molecule has 0 aliphatic heterocycles. The number of benzene rings is 10. The largest absolute Gasteiger partial charge is 0.310 e. The van der Waals surface area contributed by atoms with Crippen LogP contribution in [0.5, 0.6) is 0 Å². The van der Waals surface area contributed by atoms with Crippen LogP contribution in [0.1, 0.15) is 44.5 Å². The van der Waals surface area contributed by atoms with Gasteiger partial charge in [0, 0.05) is 17.1 Å². The molecule has 0 amide bonds. The smallest absolute Gasteiger partial charge is 0.0720 e. The van der Waals surface area contributed by atoms with Crippen LogP contribution in [0.4, 0.5) is 17.1 Å². The van der Waals surface area contributed by atoms with Crippen molar-refractivity contribution in [2.45, 2.75) is 10.8 Å². The highest BCUT2D eigenvalue weighted by molar-refractivity contribution is 5.96. The summed E-state index contributed by atoms with van der Waals surface area (Å²) in [5.74, 6) is 0. The summed E-state index contributed by atoms with van der Waals surface area (Å²) >= 11 is 0. The summed E-state index contributed by atoms with van der Waals surface area (Å²) in [4.78, 5) is 2.43. The molecule has 10 aromatic rings. The number of hydrogen-bond donors (Lipinski definition) is 0. The Hall–Kier alpha value is -8.00. The van der Waals surface area contributed by atoms with Gasteiger partial charge in [0.05, 0.1) is 10.8 Å². The number of anilines is 3. The molecule has 0 fully saturated rings. The first kappa shape index (κ1) is 35.7. The summed E-state index contributed by atoms with van der Waals surface area (Å²) in [7, 11) is 0. The standard InChI is InChI=1S/C62H41N/c1-4-20-42(21-5-1)47-38-36-45(40-51(47)43-22-6-2-7-23-43)63(44-24-8-3-9-25-44)46-37-39-56-52(41-46)50-28-12-15-31-55(50)62(56)59-34-18-16-32-57(59)61(58-33-17-19-35-60(58)62)53-29-13-10-26-48(53)49-27-11-14-30-54(49)61/h1-41H. The van der Waals surface area contributed by atoms with Crippen LogP contribution in [0.3, 0.4) is 0 Å². The molecule has 0 atom stereocenters. The first-order chi connectivity index (χ1) is 31.3. The summed E-state index contributed by atoms with van der Waals surface area (Å²) in [5, 5.41) is 0. The quantitative estimate of drug-likeness (QED) is 0.168. The number of para-hydroxylation sites is 1. The second-order valence-corrected chi connectivity index (χ2v) is 17.1. The molecule has 0 saturated heterocycles. The molecule has 63 heavy (non-hydrogen) atoms. The maximum Gasteiger partial charge on any atom is 0.0720 e. The fourth-order valence-corrected chi connectivity index (χ4v) is 11.8. The number of fused-ring (bicyclic) bond motifs is 16. The van der Waals surface area contributed by atoms with E-state index in [-0.39, 0.29) is 0 Å². The Morgan fingerprint density at radius 3 is 1.02 bits per heavy atom. The van der Waals surface area contributed by atoms with Crippen LogP contribution >= 0.6 is 0 Å². The van der Waals surface area contributed by atoms with E-state index in [1.807, 2.05) is 0 Å². The predicted molar refractivity (Wildman–Crippen MR) is 260 cm³/mol. The highest BCUT2D eigenvalue weighted by Gasteiger charge is 2.58. The lowest BCUT2D eigenvalue weighted by molar-refractivity contribution is 0.633. The molecule has 1 nitrogen and oxygen atoms in total.